The van der Waals surface area contributed by atoms with Crippen molar-refractivity contribution in [1.29, 1.82) is 0 Å². The van der Waals surface area contributed by atoms with Gasteiger partial charge in [-0.05, 0) is 36.8 Å². The lowest BCUT2D eigenvalue weighted by Crippen LogP contribution is -2.50. The molecule has 0 spiro atoms. The Kier molecular flexibility index (Phi) is 6.10. The molecule has 0 N–H and O–H groups in total. The van der Waals surface area contributed by atoms with E-state index in [0.717, 1.165) is 37.6 Å². The van der Waals surface area contributed by atoms with Gasteiger partial charge < -0.3 is 4.90 Å². The fourth-order valence-corrected chi connectivity index (χ4v) is 3.94. The van der Waals surface area contributed by atoms with Crippen molar-refractivity contribution in [3.8, 4) is 0 Å². The molecule has 0 aliphatic carbocycles. The first kappa shape index (κ1) is 18.0. The van der Waals surface area contributed by atoms with E-state index in [-0.39, 0.29) is 17.0 Å². The topological polar surface area (TPSA) is 23.6 Å². The van der Waals surface area contributed by atoms with Crippen molar-refractivity contribution in [2.75, 3.05) is 26.2 Å². The van der Waals surface area contributed by atoms with E-state index in [1.165, 1.54) is 29.5 Å². The Balaban J connectivity index is 1.48. The molecule has 1 fully saturated rings. The van der Waals surface area contributed by atoms with Gasteiger partial charge in [-0.1, -0.05) is 30.3 Å². The van der Waals surface area contributed by atoms with Crippen LogP contribution >= 0.6 is 11.8 Å². The molecule has 0 bridgehead atoms. The van der Waals surface area contributed by atoms with Crippen molar-refractivity contribution in [3.63, 3.8) is 0 Å². The molecule has 0 aromatic heterocycles. The molecule has 1 aliphatic rings. The third kappa shape index (κ3) is 5.06. The van der Waals surface area contributed by atoms with Gasteiger partial charge in [0.05, 0.1) is 5.25 Å². The predicted molar refractivity (Wildman–Crippen MR) is 100 cm³/mol. The molecule has 1 atom stereocenters. The average Bonchev–Trinajstić information content (AvgIpc) is 2.64. The van der Waals surface area contributed by atoms with E-state index in [1.54, 1.807) is 12.1 Å². The lowest BCUT2D eigenvalue weighted by Gasteiger charge is -2.35. The third-order valence-electron chi connectivity index (χ3n) is 4.41. The van der Waals surface area contributed by atoms with E-state index in [9.17, 15) is 9.18 Å². The first-order valence-electron chi connectivity index (χ1n) is 8.59. The minimum Gasteiger partial charge on any atom is -0.339 e. The molecular formula is C20H23FN2OS. The summed E-state index contributed by atoms with van der Waals surface area (Å²) in [5.41, 5.74) is 1.31. The summed E-state index contributed by atoms with van der Waals surface area (Å²) >= 11 is 1.49. The van der Waals surface area contributed by atoms with Gasteiger partial charge in [-0.3, -0.25) is 9.69 Å². The molecule has 132 valence electrons. The van der Waals surface area contributed by atoms with E-state index in [1.807, 2.05) is 17.9 Å². The summed E-state index contributed by atoms with van der Waals surface area (Å²) in [5.74, 6) is -0.0912. The zero-order valence-corrected chi connectivity index (χ0v) is 15.2. The highest BCUT2D eigenvalue weighted by Gasteiger charge is 2.25. The molecular weight excluding hydrogens is 335 g/mol. The molecule has 1 heterocycles. The minimum absolute atomic E-state index is 0.161. The fourth-order valence-electron chi connectivity index (χ4n) is 2.99. The summed E-state index contributed by atoms with van der Waals surface area (Å²) in [6.07, 6.45) is 0. The predicted octanol–water partition coefficient (Wildman–Crippen LogP) is 3.65. The summed E-state index contributed by atoms with van der Waals surface area (Å²) in [4.78, 5) is 17.9. The standard InChI is InChI=1S/C20H23FN2OS/c1-16(25-19-9-7-18(21)8-10-19)20(24)23-13-11-22(12-14-23)15-17-5-3-2-4-6-17/h2-10,16H,11-15H2,1H3. The Morgan fingerprint density at radius 1 is 1.04 bits per heavy atom. The zero-order valence-electron chi connectivity index (χ0n) is 14.4. The highest BCUT2D eigenvalue weighted by molar-refractivity contribution is 8.00. The highest BCUT2D eigenvalue weighted by atomic mass is 32.2. The Hall–Kier alpha value is -1.85. The molecule has 2 aromatic carbocycles. The van der Waals surface area contributed by atoms with Crippen LogP contribution in [0, 0.1) is 5.82 Å². The molecule has 2 aromatic rings. The van der Waals surface area contributed by atoms with Crippen LogP contribution < -0.4 is 0 Å². The van der Waals surface area contributed by atoms with Crippen LogP contribution in [0.1, 0.15) is 12.5 Å². The van der Waals surface area contributed by atoms with E-state index in [2.05, 4.69) is 29.2 Å². The Morgan fingerprint density at radius 3 is 2.32 bits per heavy atom. The van der Waals surface area contributed by atoms with Crippen molar-refractivity contribution in [3.05, 3.63) is 66.0 Å². The maximum atomic E-state index is 13.0. The Labute approximate surface area is 152 Å². The van der Waals surface area contributed by atoms with Gasteiger partial charge in [-0.2, -0.15) is 0 Å². The summed E-state index contributed by atoms with van der Waals surface area (Å²) < 4.78 is 13.0. The summed E-state index contributed by atoms with van der Waals surface area (Å²) in [6, 6.07) is 16.7. The zero-order chi connectivity index (χ0) is 17.6. The van der Waals surface area contributed by atoms with E-state index in [4.69, 9.17) is 0 Å². The largest absolute Gasteiger partial charge is 0.339 e. The van der Waals surface area contributed by atoms with Crippen molar-refractivity contribution in [2.45, 2.75) is 23.6 Å². The van der Waals surface area contributed by atoms with Crippen LogP contribution in [0.2, 0.25) is 0 Å². The molecule has 1 amide bonds. The number of piperazine rings is 1. The van der Waals surface area contributed by atoms with Gasteiger partial charge in [-0.15, -0.1) is 11.8 Å². The van der Waals surface area contributed by atoms with Crippen LogP contribution in [0.5, 0.6) is 0 Å². The molecule has 25 heavy (non-hydrogen) atoms. The number of hydrogen-bond acceptors (Lipinski definition) is 3. The fraction of sp³-hybridized carbons (Fsp3) is 0.350. The number of carbonyl (C=O) groups is 1. The van der Waals surface area contributed by atoms with Gasteiger partial charge in [0.2, 0.25) is 5.91 Å². The first-order valence-corrected chi connectivity index (χ1v) is 9.47. The average molecular weight is 358 g/mol. The third-order valence-corrected chi connectivity index (χ3v) is 5.51. The lowest BCUT2D eigenvalue weighted by atomic mass is 10.2. The van der Waals surface area contributed by atoms with Gasteiger partial charge in [0.1, 0.15) is 5.82 Å². The van der Waals surface area contributed by atoms with Crippen molar-refractivity contribution in [1.82, 2.24) is 9.80 Å². The SMILES string of the molecule is CC(Sc1ccc(F)cc1)C(=O)N1CCN(Cc2ccccc2)CC1. The van der Waals surface area contributed by atoms with E-state index < -0.39 is 0 Å². The molecule has 1 unspecified atom stereocenters. The van der Waals surface area contributed by atoms with Crippen LogP contribution in [0.4, 0.5) is 4.39 Å². The molecule has 3 rings (SSSR count). The van der Waals surface area contributed by atoms with Gasteiger partial charge >= 0.3 is 0 Å². The van der Waals surface area contributed by atoms with E-state index in [0.29, 0.717) is 0 Å². The summed E-state index contributed by atoms with van der Waals surface area (Å²) in [5, 5.41) is -0.161. The maximum Gasteiger partial charge on any atom is 0.235 e. The van der Waals surface area contributed by atoms with Gasteiger partial charge in [0, 0.05) is 37.6 Å². The second kappa shape index (κ2) is 8.50. The number of amides is 1. The van der Waals surface area contributed by atoms with Crippen LogP contribution in [0.25, 0.3) is 0 Å². The van der Waals surface area contributed by atoms with Gasteiger partial charge in [0.15, 0.2) is 0 Å². The lowest BCUT2D eigenvalue weighted by molar-refractivity contribution is -0.132. The monoisotopic (exact) mass is 358 g/mol. The number of thioether (sulfide) groups is 1. The van der Waals surface area contributed by atoms with Gasteiger partial charge in [-0.25, -0.2) is 4.39 Å². The Morgan fingerprint density at radius 2 is 1.68 bits per heavy atom. The number of rotatable bonds is 5. The molecule has 0 saturated carbocycles. The van der Waals surface area contributed by atoms with E-state index >= 15 is 0 Å². The summed E-state index contributed by atoms with van der Waals surface area (Å²) in [6.45, 7) is 6.18. The summed E-state index contributed by atoms with van der Waals surface area (Å²) in [7, 11) is 0. The van der Waals surface area contributed by atoms with Crippen LogP contribution in [0.15, 0.2) is 59.5 Å². The van der Waals surface area contributed by atoms with Crippen LogP contribution in [-0.4, -0.2) is 47.1 Å². The number of carbonyl (C=O) groups excluding carboxylic acids is 1. The molecule has 1 aliphatic heterocycles. The molecule has 5 heteroatoms. The molecule has 0 radical (unpaired) electrons. The second-order valence-corrected chi connectivity index (χ2v) is 7.72. The molecule has 1 saturated heterocycles. The second-order valence-electron chi connectivity index (χ2n) is 6.30. The van der Waals surface area contributed by atoms with Crippen LogP contribution in [0.3, 0.4) is 0 Å². The van der Waals surface area contributed by atoms with Crippen molar-refractivity contribution in [2.24, 2.45) is 0 Å². The smallest absolute Gasteiger partial charge is 0.235 e. The number of benzene rings is 2. The first-order chi connectivity index (χ1) is 12.1. The van der Waals surface area contributed by atoms with Crippen molar-refractivity contribution < 1.29 is 9.18 Å². The minimum atomic E-state index is -0.252. The van der Waals surface area contributed by atoms with Gasteiger partial charge in [0.25, 0.3) is 0 Å². The molecule has 3 nitrogen and oxygen atoms in total. The number of nitrogens with zero attached hydrogens (tertiary/aromatic N) is 2. The quantitative estimate of drug-likeness (QED) is 0.762. The highest BCUT2D eigenvalue weighted by Crippen LogP contribution is 2.25. The number of hydrogen-bond donors (Lipinski definition) is 0. The number of halogens is 1. The maximum absolute atomic E-state index is 13.0. The normalized spacial score (nSPS) is 16.6. The van der Waals surface area contributed by atoms with Crippen molar-refractivity contribution >= 4 is 17.7 Å². The Bertz CT molecular complexity index is 685. The van der Waals surface area contributed by atoms with Crippen LogP contribution in [-0.2, 0) is 11.3 Å².